The Bertz CT molecular complexity index is 517. The van der Waals surface area contributed by atoms with Gasteiger partial charge in [0.05, 0.1) is 16.8 Å². The Hall–Kier alpha value is -1.29. The van der Waals surface area contributed by atoms with E-state index in [9.17, 15) is 0 Å². The van der Waals surface area contributed by atoms with Crippen molar-refractivity contribution in [3.05, 3.63) is 45.7 Å². The molecular formula is C15H19BrN2O. The summed E-state index contributed by atoms with van der Waals surface area (Å²) in [6.45, 7) is 4.88. The summed E-state index contributed by atoms with van der Waals surface area (Å²) in [5, 5.41) is 7.24. The second kappa shape index (κ2) is 6.75. The maximum atomic E-state index is 5.75. The van der Waals surface area contributed by atoms with Crippen LogP contribution in [0.1, 0.15) is 29.8 Å². The van der Waals surface area contributed by atoms with Gasteiger partial charge in [-0.25, -0.2) is 0 Å². The Morgan fingerprint density at radius 1 is 1.21 bits per heavy atom. The van der Waals surface area contributed by atoms with Gasteiger partial charge < -0.3 is 4.74 Å². The zero-order chi connectivity index (χ0) is 13.7. The van der Waals surface area contributed by atoms with E-state index in [1.54, 1.807) is 0 Å². The van der Waals surface area contributed by atoms with Crippen LogP contribution in [0.4, 0.5) is 0 Å². The van der Waals surface area contributed by atoms with E-state index in [2.05, 4.69) is 40.0 Å². The topological polar surface area (TPSA) is 37.9 Å². The minimum absolute atomic E-state index is 0.749. The van der Waals surface area contributed by atoms with Gasteiger partial charge in [0.2, 0.25) is 0 Å². The van der Waals surface area contributed by atoms with Crippen LogP contribution in [0.5, 0.6) is 5.75 Å². The number of nitrogens with zero attached hydrogens (tertiary/aromatic N) is 1. The van der Waals surface area contributed by atoms with E-state index in [4.69, 9.17) is 4.74 Å². The molecule has 0 atom stereocenters. The second-order valence-electron chi connectivity index (χ2n) is 4.65. The molecule has 1 heterocycles. The highest BCUT2D eigenvalue weighted by molar-refractivity contribution is 9.10. The average molecular weight is 323 g/mol. The minimum atomic E-state index is 0.749. The normalized spacial score (nSPS) is 10.7. The summed E-state index contributed by atoms with van der Waals surface area (Å²) in [5.41, 5.74) is 3.65. The molecule has 0 amide bonds. The van der Waals surface area contributed by atoms with Crippen LogP contribution in [0.15, 0.2) is 28.7 Å². The number of hydrogen-bond acceptors (Lipinski definition) is 2. The third-order valence-corrected chi connectivity index (χ3v) is 3.85. The molecule has 4 heteroatoms. The molecule has 2 rings (SSSR count). The molecule has 3 nitrogen and oxygen atoms in total. The number of hydrogen-bond donors (Lipinski definition) is 1. The fourth-order valence-corrected chi connectivity index (χ4v) is 2.49. The van der Waals surface area contributed by atoms with Crippen molar-refractivity contribution in [1.82, 2.24) is 10.2 Å². The van der Waals surface area contributed by atoms with Gasteiger partial charge in [-0.2, -0.15) is 5.10 Å². The monoisotopic (exact) mass is 322 g/mol. The fraction of sp³-hybridized carbons (Fsp3) is 0.400. The summed E-state index contributed by atoms with van der Waals surface area (Å²) in [6, 6.07) is 7.95. The predicted octanol–water partition coefficient (Wildman–Crippen LogP) is 4.19. The SMILES string of the molecule is Cc1n[nH]c(C)c1CCCCOc1ccccc1Br. The van der Waals surface area contributed by atoms with Gasteiger partial charge in [0.15, 0.2) is 0 Å². The van der Waals surface area contributed by atoms with Crippen molar-refractivity contribution in [3.63, 3.8) is 0 Å². The standard InChI is InChI=1S/C15H19BrN2O/c1-11-13(12(2)18-17-11)7-5-6-10-19-15-9-4-3-8-14(15)16/h3-4,8-9H,5-7,10H2,1-2H3,(H,17,18). The van der Waals surface area contributed by atoms with Crippen molar-refractivity contribution < 1.29 is 4.74 Å². The number of aromatic amines is 1. The van der Waals surface area contributed by atoms with Crippen LogP contribution < -0.4 is 4.74 Å². The van der Waals surface area contributed by atoms with Gasteiger partial charge in [-0.05, 0) is 66.7 Å². The third kappa shape index (κ3) is 3.83. The Labute approximate surface area is 122 Å². The highest BCUT2D eigenvalue weighted by atomic mass is 79.9. The molecule has 1 N–H and O–H groups in total. The number of rotatable bonds is 6. The number of benzene rings is 1. The molecule has 0 aliphatic carbocycles. The first kappa shape index (κ1) is 14.1. The first-order valence-corrected chi connectivity index (χ1v) is 7.35. The average Bonchev–Trinajstić information content (AvgIpc) is 2.72. The largest absolute Gasteiger partial charge is 0.492 e. The summed E-state index contributed by atoms with van der Waals surface area (Å²) < 4.78 is 6.76. The highest BCUT2D eigenvalue weighted by Crippen LogP contribution is 2.24. The van der Waals surface area contributed by atoms with Crippen LogP contribution in [0.3, 0.4) is 0 Å². The van der Waals surface area contributed by atoms with Crippen LogP contribution in [0, 0.1) is 13.8 Å². The number of unbranched alkanes of at least 4 members (excludes halogenated alkanes) is 1. The van der Waals surface area contributed by atoms with Gasteiger partial charge in [0, 0.05) is 5.69 Å². The van der Waals surface area contributed by atoms with E-state index >= 15 is 0 Å². The number of nitrogens with one attached hydrogen (secondary N) is 1. The lowest BCUT2D eigenvalue weighted by atomic mass is 10.1. The van der Waals surface area contributed by atoms with Crippen molar-refractivity contribution in [2.24, 2.45) is 0 Å². The van der Waals surface area contributed by atoms with Crippen LogP contribution in [0.25, 0.3) is 0 Å². The Morgan fingerprint density at radius 3 is 2.68 bits per heavy atom. The van der Waals surface area contributed by atoms with E-state index in [0.717, 1.165) is 41.8 Å². The number of halogens is 1. The molecule has 0 fully saturated rings. The van der Waals surface area contributed by atoms with Gasteiger partial charge in [-0.15, -0.1) is 0 Å². The van der Waals surface area contributed by atoms with Crippen LogP contribution in [0.2, 0.25) is 0 Å². The lowest BCUT2D eigenvalue weighted by Gasteiger charge is -2.07. The molecule has 2 aromatic rings. The molecule has 0 aliphatic heterocycles. The zero-order valence-corrected chi connectivity index (χ0v) is 13.0. The molecule has 1 aromatic heterocycles. The summed E-state index contributed by atoms with van der Waals surface area (Å²) in [4.78, 5) is 0. The maximum absolute atomic E-state index is 5.75. The molecule has 19 heavy (non-hydrogen) atoms. The summed E-state index contributed by atoms with van der Waals surface area (Å²) in [7, 11) is 0. The van der Waals surface area contributed by atoms with E-state index in [-0.39, 0.29) is 0 Å². The predicted molar refractivity (Wildman–Crippen MR) is 80.6 cm³/mol. The third-order valence-electron chi connectivity index (χ3n) is 3.20. The van der Waals surface area contributed by atoms with Crippen molar-refractivity contribution in [1.29, 1.82) is 0 Å². The van der Waals surface area contributed by atoms with Crippen molar-refractivity contribution in [2.75, 3.05) is 6.61 Å². The molecule has 1 aromatic carbocycles. The highest BCUT2D eigenvalue weighted by Gasteiger charge is 2.05. The number of ether oxygens (including phenoxy) is 1. The van der Waals surface area contributed by atoms with Gasteiger partial charge in [-0.1, -0.05) is 12.1 Å². The molecule has 0 unspecified atom stereocenters. The number of aromatic nitrogens is 2. The molecular weight excluding hydrogens is 304 g/mol. The first-order valence-electron chi connectivity index (χ1n) is 6.56. The van der Waals surface area contributed by atoms with Crippen molar-refractivity contribution in [2.45, 2.75) is 33.1 Å². The van der Waals surface area contributed by atoms with E-state index in [0.29, 0.717) is 0 Å². The summed E-state index contributed by atoms with van der Waals surface area (Å²) in [5.74, 6) is 0.915. The van der Waals surface area contributed by atoms with Crippen LogP contribution >= 0.6 is 15.9 Å². The molecule has 0 aliphatic rings. The van der Waals surface area contributed by atoms with Gasteiger partial charge in [0.25, 0.3) is 0 Å². The molecule has 0 bridgehead atoms. The Morgan fingerprint density at radius 2 is 2.00 bits per heavy atom. The number of H-pyrrole nitrogens is 1. The lowest BCUT2D eigenvalue weighted by molar-refractivity contribution is 0.305. The Kier molecular flexibility index (Phi) is 5.02. The second-order valence-corrected chi connectivity index (χ2v) is 5.50. The zero-order valence-electron chi connectivity index (χ0n) is 11.4. The lowest BCUT2D eigenvalue weighted by Crippen LogP contribution is -1.99. The smallest absolute Gasteiger partial charge is 0.133 e. The molecule has 0 saturated carbocycles. The van der Waals surface area contributed by atoms with Crippen molar-refractivity contribution >= 4 is 15.9 Å². The van der Waals surface area contributed by atoms with Gasteiger partial charge >= 0.3 is 0 Å². The molecule has 102 valence electrons. The maximum Gasteiger partial charge on any atom is 0.133 e. The van der Waals surface area contributed by atoms with E-state index in [1.165, 1.54) is 11.3 Å². The van der Waals surface area contributed by atoms with Crippen LogP contribution in [-0.4, -0.2) is 16.8 Å². The first-order chi connectivity index (χ1) is 9.18. The van der Waals surface area contributed by atoms with E-state index in [1.807, 2.05) is 24.3 Å². The Balaban J connectivity index is 1.72. The van der Waals surface area contributed by atoms with Crippen LogP contribution in [-0.2, 0) is 6.42 Å². The minimum Gasteiger partial charge on any atom is -0.492 e. The summed E-state index contributed by atoms with van der Waals surface area (Å²) >= 11 is 3.48. The van der Waals surface area contributed by atoms with Gasteiger partial charge in [-0.3, -0.25) is 5.10 Å². The molecule has 0 radical (unpaired) electrons. The quantitative estimate of drug-likeness (QED) is 0.810. The van der Waals surface area contributed by atoms with Crippen molar-refractivity contribution in [3.8, 4) is 5.75 Å². The molecule has 0 spiro atoms. The number of para-hydroxylation sites is 1. The van der Waals surface area contributed by atoms with Gasteiger partial charge in [0.1, 0.15) is 5.75 Å². The van der Waals surface area contributed by atoms with E-state index < -0.39 is 0 Å². The summed E-state index contributed by atoms with van der Waals surface area (Å²) in [6.07, 6.45) is 3.23. The fourth-order valence-electron chi connectivity index (χ4n) is 2.09. The molecule has 0 saturated heterocycles. The number of aryl methyl sites for hydroxylation is 2.